The van der Waals surface area contributed by atoms with Crippen LogP contribution in [0, 0.1) is 5.92 Å². The summed E-state index contributed by atoms with van der Waals surface area (Å²) in [5.74, 6) is 2.39. The van der Waals surface area contributed by atoms with Crippen LogP contribution < -0.4 is 4.74 Å². The molecular weight excluding hydrogens is 312 g/mol. The van der Waals surface area contributed by atoms with Crippen molar-refractivity contribution in [3.8, 4) is 5.75 Å². The third-order valence-electron chi connectivity index (χ3n) is 6.58. The van der Waals surface area contributed by atoms with Crippen molar-refractivity contribution in [3.05, 3.63) is 29.8 Å². The Morgan fingerprint density at radius 2 is 2.04 bits per heavy atom. The fraction of sp³-hybridized carbons (Fsp3) is 0.667. The molecule has 4 fully saturated rings. The zero-order valence-electron chi connectivity index (χ0n) is 15.5. The van der Waals surface area contributed by atoms with Gasteiger partial charge in [-0.3, -0.25) is 9.69 Å². The van der Waals surface area contributed by atoms with Crippen LogP contribution in [0.1, 0.15) is 50.5 Å². The number of nitrogens with zero attached hydrogens (tertiary/aromatic N) is 2. The van der Waals surface area contributed by atoms with Gasteiger partial charge in [-0.1, -0.05) is 25.5 Å². The molecule has 2 bridgehead atoms. The second kappa shape index (κ2) is 6.99. The highest BCUT2D eigenvalue weighted by atomic mass is 16.5. The summed E-state index contributed by atoms with van der Waals surface area (Å²) in [7, 11) is 1.73. The molecule has 136 valence electrons. The Bertz CT molecular complexity index is 624. The molecule has 4 aliphatic heterocycles. The van der Waals surface area contributed by atoms with Gasteiger partial charge in [0, 0.05) is 24.9 Å². The number of ether oxygens (including phenoxy) is 1. The molecule has 5 rings (SSSR count). The van der Waals surface area contributed by atoms with Crippen molar-refractivity contribution >= 4 is 5.91 Å². The average molecular weight is 342 g/mol. The topological polar surface area (TPSA) is 32.8 Å². The van der Waals surface area contributed by atoms with Crippen molar-refractivity contribution in [2.75, 3.05) is 26.7 Å². The standard InChI is InChI=1S/C21H30N2O2/c1-3-4-8-19(24)23-14-18(16-6-5-7-17(13-16)25-2)21-20(23)15-9-11-22(21)12-10-15/h5-7,13,15,18,20-21H,3-4,8-12,14H2,1-2H3/t18-,20+,21+/m1/s1. The Morgan fingerprint density at radius 3 is 2.76 bits per heavy atom. The third-order valence-corrected chi connectivity index (χ3v) is 6.58. The monoisotopic (exact) mass is 342 g/mol. The van der Waals surface area contributed by atoms with Gasteiger partial charge in [0.15, 0.2) is 0 Å². The fourth-order valence-electron chi connectivity index (χ4n) is 5.34. The number of hydrogen-bond acceptors (Lipinski definition) is 3. The molecule has 25 heavy (non-hydrogen) atoms. The van der Waals surface area contributed by atoms with Gasteiger partial charge in [0.2, 0.25) is 5.91 Å². The molecular formula is C21H30N2O2. The largest absolute Gasteiger partial charge is 0.497 e. The Balaban J connectivity index is 1.64. The summed E-state index contributed by atoms with van der Waals surface area (Å²) in [6.45, 7) is 5.43. The predicted molar refractivity (Wildman–Crippen MR) is 98.8 cm³/mol. The van der Waals surface area contributed by atoms with Crippen molar-refractivity contribution in [3.63, 3.8) is 0 Å². The van der Waals surface area contributed by atoms with E-state index < -0.39 is 0 Å². The molecule has 1 aromatic rings. The van der Waals surface area contributed by atoms with E-state index in [-0.39, 0.29) is 0 Å². The lowest BCUT2D eigenvalue weighted by Gasteiger charge is -2.51. The summed E-state index contributed by atoms with van der Waals surface area (Å²) in [5, 5.41) is 0. The van der Waals surface area contributed by atoms with Gasteiger partial charge in [-0.05, 0) is 56.0 Å². The van der Waals surface area contributed by atoms with Crippen LogP contribution in [0.3, 0.4) is 0 Å². The number of carbonyl (C=O) groups is 1. The number of hydrogen-bond donors (Lipinski definition) is 0. The number of methoxy groups -OCH3 is 1. The lowest BCUT2D eigenvalue weighted by Crippen LogP contribution is -2.60. The summed E-state index contributed by atoms with van der Waals surface area (Å²) in [6.07, 6.45) is 5.30. The number of unbranched alkanes of at least 4 members (excludes halogenated alkanes) is 1. The van der Waals surface area contributed by atoms with E-state index in [1.54, 1.807) is 7.11 Å². The Hall–Kier alpha value is -1.55. The number of amides is 1. The molecule has 4 heterocycles. The smallest absolute Gasteiger partial charge is 0.222 e. The van der Waals surface area contributed by atoms with Gasteiger partial charge in [0.1, 0.15) is 5.75 Å². The molecule has 4 heteroatoms. The summed E-state index contributed by atoms with van der Waals surface area (Å²) in [5.41, 5.74) is 1.33. The van der Waals surface area contributed by atoms with E-state index in [9.17, 15) is 4.79 Å². The average Bonchev–Trinajstić information content (AvgIpc) is 3.10. The minimum Gasteiger partial charge on any atom is -0.497 e. The van der Waals surface area contributed by atoms with Crippen LogP contribution in [-0.2, 0) is 4.79 Å². The first kappa shape index (κ1) is 16.9. The van der Waals surface area contributed by atoms with Crippen LogP contribution >= 0.6 is 0 Å². The van der Waals surface area contributed by atoms with E-state index >= 15 is 0 Å². The number of rotatable bonds is 5. The van der Waals surface area contributed by atoms with Gasteiger partial charge in [-0.2, -0.15) is 0 Å². The van der Waals surface area contributed by atoms with Crippen molar-refractivity contribution in [1.29, 1.82) is 0 Å². The minimum absolute atomic E-state index is 0.371. The second-order valence-corrected chi connectivity index (χ2v) is 7.89. The van der Waals surface area contributed by atoms with Crippen LogP contribution in [0.5, 0.6) is 5.75 Å². The maximum atomic E-state index is 12.9. The summed E-state index contributed by atoms with van der Waals surface area (Å²) < 4.78 is 5.45. The summed E-state index contributed by atoms with van der Waals surface area (Å²) >= 11 is 0. The van der Waals surface area contributed by atoms with Crippen molar-refractivity contribution in [2.45, 2.75) is 57.0 Å². The normalized spacial score (nSPS) is 33.4. The lowest BCUT2D eigenvalue weighted by atomic mass is 9.75. The number of likely N-dealkylation sites (tertiary alicyclic amines) is 1. The highest BCUT2D eigenvalue weighted by Gasteiger charge is 2.54. The number of fused-ring (bicyclic) bond motifs is 2. The first-order valence-electron chi connectivity index (χ1n) is 9.90. The molecule has 1 amide bonds. The molecule has 4 saturated heterocycles. The Kier molecular flexibility index (Phi) is 4.72. The fourth-order valence-corrected chi connectivity index (χ4v) is 5.34. The highest BCUT2D eigenvalue weighted by molar-refractivity contribution is 5.77. The quantitative estimate of drug-likeness (QED) is 0.823. The molecule has 1 aromatic carbocycles. The van der Waals surface area contributed by atoms with Gasteiger partial charge in [-0.25, -0.2) is 0 Å². The van der Waals surface area contributed by atoms with Gasteiger partial charge in [-0.15, -0.1) is 0 Å². The predicted octanol–water partition coefficient (Wildman–Crippen LogP) is 3.27. The van der Waals surface area contributed by atoms with Crippen LogP contribution in [0.4, 0.5) is 0 Å². The van der Waals surface area contributed by atoms with Crippen LogP contribution in [0.25, 0.3) is 0 Å². The molecule has 0 aliphatic carbocycles. The van der Waals surface area contributed by atoms with Gasteiger partial charge in [0.25, 0.3) is 0 Å². The number of carbonyl (C=O) groups excluding carboxylic acids is 1. The van der Waals surface area contributed by atoms with Crippen molar-refractivity contribution < 1.29 is 9.53 Å². The van der Waals surface area contributed by atoms with E-state index in [4.69, 9.17) is 4.74 Å². The molecule has 0 radical (unpaired) electrons. The molecule has 0 N–H and O–H groups in total. The lowest BCUT2D eigenvalue weighted by molar-refractivity contribution is -0.136. The maximum absolute atomic E-state index is 12.9. The number of piperidine rings is 3. The highest BCUT2D eigenvalue weighted by Crippen LogP contribution is 2.47. The minimum atomic E-state index is 0.371. The molecule has 0 aromatic heterocycles. The van der Waals surface area contributed by atoms with Gasteiger partial charge in [0.05, 0.1) is 13.2 Å². The Labute approximate surface area is 151 Å². The molecule has 0 saturated carbocycles. The Morgan fingerprint density at radius 1 is 1.24 bits per heavy atom. The second-order valence-electron chi connectivity index (χ2n) is 7.89. The first-order chi connectivity index (χ1) is 12.2. The molecule has 4 aliphatic rings. The van der Waals surface area contributed by atoms with Crippen molar-refractivity contribution in [2.24, 2.45) is 5.92 Å². The molecule has 4 nitrogen and oxygen atoms in total. The van der Waals surface area contributed by atoms with Crippen molar-refractivity contribution in [1.82, 2.24) is 9.80 Å². The van der Waals surface area contributed by atoms with Gasteiger partial charge >= 0.3 is 0 Å². The summed E-state index contributed by atoms with van der Waals surface area (Å²) in [4.78, 5) is 17.8. The van der Waals surface area contributed by atoms with Crippen LogP contribution in [0.2, 0.25) is 0 Å². The molecule has 0 spiro atoms. The molecule has 3 atom stereocenters. The van der Waals surface area contributed by atoms with E-state index in [2.05, 4.69) is 34.9 Å². The molecule has 0 unspecified atom stereocenters. The van der Waals surface area contributed by atoms with Crippen LogP contribution in [0.15, 0.2) is 24.3 Å². The first-order valence-corrected chi connectivity index (χ1v) is 9.90. The SMILES string of the molecule is CCCCC(=O)N1C[C@H](c2cccc(OC)c2)[C@H]2[C@@H]1C1CCN2CC1. The maximum Gasteiger partial charge on any atom is 0.222 e. The zero-order chi connectivity index (χ0) is 17.4. The zero-order valence-corrected chi connectivity index (χ0v) is 15.5. The summed E-state index contributed by atoms with van der Waals surface area (Å²) in [6, 6.07) is 9.39. The van der Waals surface area contributed by atoms with E-state index in [1.807, 2.05) is 6.07 Å². The van der Waals surface area contributed by atoms with E-state index in [0.29, 0.717) is 36.2 Å². The number of benzene rings is 1. The van der Waals surface area contributed by atoms with E-state index in [1.165, 1.54) is 31.5 Å². The van der Waals surface area contributed by atoms with Gasteiger partial charge < -0.3 is 9.64 Å². The van der Waals surface area contributed by atoms with E-state index in [0.717, 1.165) is 25.1 Å². The third kappa shape index (κ3) is 2.95. The van der Waals surface area contributed by atoms with Crippen LogP contribution in [-0.4, -0.2) is 54.5 Å².